The van der Waals surface area contributed by atoms with E-state index in [9.17, 15) is 9.90 Å². The molecule has 1 aromatic carbocycles. The van der Waals surface area contributed by atoms with Crippen molar-refractivity contribution in [1.29, 1.82) is 0 Å². The van der Waals surface area contributed by atoms with Gasteiger partial charge < -0.3 is 14.8 Å². The van der Waals surface area contributed by atoms with Gasteiger partial charge in [0.25, 0.3) is 0 Å². The first-order valence-electron chi connectivity index (χ1n) is 9.46. The van der Waals surface area contributed by atoms with Crippen molar-refractivity contribution in [3.63, 3.8) is 0 Å². The van der Waals surface area contributed by atoms with Crippen LogP contribution in [0, 0.1) is 0 Å². The molecule has 5 rings (SSSR count). The number of aromatic hydroxyl groups is 1. The van der Waals surface area contributed by atoms with Crippen LogP contribution in [0.2, 0.25) is 0 Å². The number of imidazole rings is 1. The van der Waals surface area contributed by atoms with Crippen molar-refractivity contribution in [3.8, 4) is 17.1 Å². The molecular formula is C20H19N7O2S. The fourth-order valence-corrected chi connectivity index (χ4v) is 3.57. The molecule has 0 unspecified atom stereocenters. The van der Waals surface area contributed by atoms with Crippen molar-refractivity contribution < 1.29 is 5.11 Å². The Morgan fingerprint density at radius 2 is 2.20 bits per heavy atom. The zero-order valence-electron chi connectivity index (χ0n) is 16.1. The maximum atomic E-state index is 11.5. The largest absolute Gasteiger partial charge is 0.493 e. The molecule has 0 aliphatic heterocycles. The summed E-state index contributed by atoms with van der Waals surface area (Å²) in [6, 6.07) is 10.3. The van der Waals surface area contributed by atoms with Crippen LogP contribution < -0.4 is 21.1 Å². The lowest BCUT2D eigenvalue weighted by Gasteiger charge is -2.06. The lowest BCUT2D eigenvalue weighted by Crippen LogP contribution is -2.19. The van der Waals surface area contributed by atoms with E-state index in [0.29, 0.717) is 16.9 Å². The number of nitrogens with zero attached hydrogens (tertiary/aromatic N) is 4. The minimum absolute atomic E-state index is 0.228. The Bertz CT molecular complexity index is 1420. The third kappa shape index (κ3) is 3.57. The zero-order valence-corrected chi connectivity index (χ0v) is 16.9. The van der Waals surface area contributed by atoms with Crippen LogP contribution in [0.15, 0.2) is 46.3 Å². The maximum Gasteiger partial charge on any atom is 0.326 e. The van der Waals surface area contributed by atoms with Gasteiger partial charge in [0, 0.05) is 28.8 Å². The van der Waals surface area contributed by atoms with E-state index in [2.05, 4.69) is 19.8 Å². The van der Waals surface area contributed by atoms with Crippen LogP contribution in [-0.2, 0) is 0 Å². The summed E-state index contributed by atoms with van der Waals surface area (Å²) in [4.78, 5) is 25.9. The second-order valence-electron chi connectivity index (χ2n) is 7.07. The van der Waals surface area contributed by atoms with Crippen molar-refractivity contribution in [2.75, 3.05) is 11.0 Å². The highest BCUT2D eigenvalue weighted by molar-refractivity contribution is 7.99. The average Bonchev–Trinajstić information content (AvgIpc) is 3.37. The Morgan fingerprint density at radius 1 is 1.33 bits per heavy atom. The number of aromatic amines is 2. The number of hydrogen-bond donors (Lipinski definition) is 4. The van der Waals surface area contributed by atoms with Crippen molar-refractivity contribution in [2.24, 2.45) is 4.99 Å². The van der Waals surface area contributed by atoms with E-state index in [1.165, 1.54) is 11.9 Å². The summed E-state index contributed by atoms with van der Waals surface area (Å²) in [5.41, 5.74) is 3.82. The number of nitrogens with one attached hydrogen (secondary N) is 3. The molecular weight excluding hydrogens is 402 g/mol. The van der Waals surface area contributed by atoms with Crippen LogP contribution in [0.4, 0.5) is 5.69 Å². The van der Waals surface area contributed by atoms with Crippen LogP contribution in [0.3, 0.4) is 0 Å². The molecule has 1 aliphatic rings. The Balaban J connectivity index is 1.74. The van der Waals surface area contributed by atoms with Gasteiger partial charge in [-0.05, 0) is 31.1 Å². The molecule has 0 saturated heterocycles. The van der Waals surface area contributed by atoms with Crippen LogP contribution in [0.25, 0.3) is 23.0 Å². The van der Waals surface area contributed by atoms with Gasteiger partial charge in [-0.25, -0.2) is 9.78 Å². The van der Waals surface area contributed by atoms with Crippen LogP contribution in [0.5, 0.6) is 5.88 Å². The summed E-state index contributed by atoms with van der Waals surface area (Å²) >= 11 is 1.53. The predicted octanol–water partition coefficient (Wildman–Crippen LogP) is 1.42. The van der Waals surface area contributed by atoms with Crippen LogP contribution in [-0.4, -0.2) is 42.0 Å². The highest BCUT2D eigenvalue weighted by Gasteiger charge is 2.20. The van der Waals surface area contributed by atoms with E-state index < -0.39 is 5.69 Å². The third-order valence-corrected chi connectivity index (χ3v) is 5.20. The monoisotopic (exact) mass is 421 g/mol. The van der Waals surface area contributed by atoms with Gasteiger partial charge in [0.05, 0.1) is 17.9 Å². The summed E-state index contributed by atoms with van der Waals surface area (Å²) in [5.74, 6) is -0.228. The lowest BCUT2D eigenvalue weighted by molar-refractivity contribution is 0.454. The highest BCUT2D eigenvalue weighted by Crippen LogP contribution is 2.24. The molecule has 0 spiro atoms. The SMILES string of the molecule is CSNc1cccc(-c2cc(=NC3CC3)n3ncc(=Cc4[nH]c(=O)[nH]c4O)c3n2)c1. The van der Waals surface area contributed by atoms with E-state index in [4.69, 9.17) is 9.98 Å². The third-order valence-electron chi connectivity index (χ3n) is 4.76. The number of rotatable bonds is 5. The summed E-state index contributed by atoms with van der Waals surface area (Å²) < 4.78 is 4.93. The molecule has 0 radical (unpaired) electrons. The molecule has 0 amide bonds. The van der Waals surface area contributed by atoms with Gasteiger partial charge in [-0.15, -0.1) is 0 Å². The van der Waals surface area contributed by atoms with Gasteiger partial charge in [-0.1, -0.05) is 24.1 Å². The fraction of sp³-hybridized carbons (Fsp3) is 0.200. The Kier molecular flexibility index (Phi) is 4.55. The first kappa shape index (κ1) is 18.5. The topological polar surface area (TPSA) is 123 Å². The standard InChI is InChI=1S/C20H19N7O2S/c1-30-26-14-4-2-3-11(7-14)15-9-17(22-13-5-6-13)27-18(23-15)12(10-21-27)8-16-19(28)25-20(29)24-16/h2-4,7-10,13,26,28H,5-6H2,1H3,(H2,24,25,29). The van der Waals surface area contributed by atoms with Gasteiger partial charge in [-0.3, -0.25) is 9.98 Å². The van der Waals surface area contributed by atoms with E-state index in [-0.39, 0.29) is 11.6 Å². The number of anilines is 1. The molecule has 4 N–H and O–H groups in total. The summed E-state index contributed by atoms with van der Waals surface area (Å²) in [6.07, 6.45) is 7.40. The molecule has 0 bridgehead atoms. The smallest absolute Gasteiger partial charge is 0.326 e. The number of hydrogen-bond acceptors (Lipinski definition) is 7. The zero-order chi connectivity index (χ0) is 20.7. The van der Waals surface area contributed by atoms with Crippen molar-refractivity contribution in [3.05, 3.63) is 63.4 Å². The second-order valence-corrected chi connectivity index (χ2v) is 7.68. The van der Waals surface area contributed by atoms with Crippen molar-refractivity contribution in [2.45, 2.75) is 18.9 Å². The molecule has 30 heavy (non-hydrogen) atoms. The quantitative estimate of drug-likeness (QED) is 0.362. The molecule has 3 heterocycles. The van der Waals surface area contributed by atoms with Gasteiger partial charge in [-0.2, -0.15) is 9.61 Å². The number of fused-ring (bicyclic) bond motifs is 1. The molecule has 1 saturated carbocycles. The molecule has 9 nitrogen and oxygen atoms in total. The van der Waals surface area contributed by atoms with Crippen molar-refractivity contribution >= 4 is 29.4 Å². The fourth-order valence-electron chi connectivity index (χ4n) is 3.20. The number of aromatic nitrogens is 5. The first-order valence-corrected chi connectivity index (χ1v) is 10.7. The van der Waals surface area contributed by atoms with Crippen LogP contribution >= 0.6 is 11.9 Å². The van der Waals surface area contributed by atoms with Gasteiger partial charge >= 0.3 is 5.69 Å². The molecule has 152 valence electrons. The average molecular weight is 421 g/mol. The van der Waals surface area contributed by atoms with E-state index in [0.717, 1.165) is 35.3 Å². The second kappa shape index (κ2) is 7.38. The Hall–Kier alpha value is -3.53. The summed E-state index contributed by atoms with van der Waals surface area (Å²) in [7, 11) is 0. The van der Waals surface area contributed by atoms with Gasteiger partial charge in [0.2, 0.25) is 5.88 Å². The Labute approximate surface area is 174 Å². The highest BCUT2D eigenvalue weighted by atomic mass is 32.2. The normalized spacial score (nSPS) is 15.2. The summed E-state index contributed by atoms with van der Waals surface area (Å²) in [5, 5.41) is 15.0. The van der Waals surface area contributed by atoms with Crippen LogP contribution in [0.1, 0.15) is 18.5 Å². The minimum atomic E-state index is -0.480. The molecule has 3 aromatic heterocycles. The molecule has 4 aromatic rings. The predicted molar refractivity (Wildman–Crippen MR) is 116 cm³/mol. The van der Waals surface area contributed by atoms with Gasteiger partial charge in [0.15, 0.2) is 11.1 Å². The summed E-state index contributed by atoms with van der Waals surface area (Å²) in [6.45, 7) is 0. The van der Waals surface area contributed by atoms with E-state index in [1.54, 1.807) is 16.8 Å². The number of H-pyrrole nitrogens is 2. The van der Waals surface area contributed by atoms with Crippen molar-refractivity contribution in [1.82, 2.24) is 24.6 Å². The van der Waals surface area contributed by atoms with Gasteiger partial charge in [0.1, 0.15) is 5.69 Å². The maximum absolute atomic E-state index is 11.5. The van der Waals surface area contributed by atoms with E-state index >= 15 is 0 Å². The first-order chi connectivity index (χ1) is 14.6. The number of benzene rings is 1. The Morgan fingerprint density at radius 3 is 2.93 bits per heavy atom. The molecule has 1 aliphatic carbocycles. The lowest BCUT2D eigenvalue weighted by atomic mass is 10.1. The molecule has 10 heteroatoms. The molecule has 0 atom stereocenters. The minimum Gasteiger partial charge on any atom is -0.493 e. The van der Waals surface area contributed by atoms with E-state index in [1.807, 2.05) is 36.6 Å². The molecule has 1 fully saturated rings.